The van der Waals surface area contributed by atoms with Gasteiger partial charge in [0.05, 0.1) is 0 Å². The molecule has 1 rings (SSSR count). The predicted molar refractivity (Wildman–Crippen MR) is 42.8 cm³/mol. The van der Waals surface area contributed by atoms with Crippen molar-refractivity contribution < 1.29 is 9.50 Å². The van der Waals surface area contributed by atoms with E-state index >= 15 is 0 Å². The average molecular weight is 152 g/mol. The fourth-order valence-electron chi connectivity index (χ4n) is 0.795. The molecule has 0 radical (unpaired) electrons. The minimum absolute atomic E-state index is 0.286. The Morgan fingerprint density at radius 2 is 1.82 bits per heavy atom. The van der Waals surface area contributed by atoms with Crippen molar-refractivity contribution in [2.45, 2.75) is 6.92 Å². The van der Waals surface area contributed by atoms with Crippen molar-refractivity contribution in [1.82, 2.24) is 0 Å². The standard InChI is InChI=1S/C9H9FO/c1-7(10)9(11)8-5-3-2-4-6-8/h2-6,11H,1H3. The molecule has 0 aromatic heterocycles. The fourth-order valence-corrected chi connectivity index (χ4v) is 0.795. The van der Waals surface area contributed by atoms with Crippen LogP contribution in [-0.2, 0) is 0 Å². The normalized spacial score (nSPS) is 12.5. The van der Waals surface area contributed by atoms with Gasteiger partial charge in [0.2, 0.25) is 0 Å². The zero-order valence-electron chi connectivity index (χ0n) is 6.21. The molecule has 58 valence electrons. The van der Waals surface area contributed by atoms with E-state index in [1.807, 2.05) is 6.07 Å². The number of hydrogen-bond acceptors (Lipinski definition) is 1. The summed E-state index contributed by atoms with van der Waals surface area (Å²) in [6.45, 7) is 1.22. The maximum Gasteiger partial charge on any atom is 0.153 e. The van der Waals surface area contributed by atoms with E-state index in [4.69, 9.17) is 5.11 Å². The molecule has 0 amide bonds. The molecule has 0 unspecified atom stereocenters. The van der Waals surface area contributed by atoms with Crippen LogP contribution >= 0.6 is 0 Å². The Morgan fingerprint density at radius 3 is 2.27 bits per heavy atom. The first-order chi connectivity index (χ1) is 5.22. The van der Waals surface area contributed by atoms with E-state index in [9.17, 15) is 4.39 Å². The summed E-state index contributed by atoms with van der Waals surface area (Å²) in [6, 6.07) is 8.60. The lowest BCUT2D eigenvalue weighted by Gasteiger charge is -1.98. The molecule has 1 aromatic rings. The Labute approximate surface area is 64.8 Å². The number of halogens is 1. The van der Waals surface area contributed by atoms with Crippen molar-refractivity contribution in [3.05, 3.63) is 41.7 Å². The van der Waals surface area contributed by atoms with Crippen molar-refractivity contribution in [1.29, 1.82) is 0 Å². The maximum atomic E-state index is 12.4. The van der Waals surface area contributed by atoms with Gasteiger partial charge in [0, 0.05) is 5.56 Å². The van der Waals surface area contributed by atoms with Crippen LogP contribution in [0.2, 0.25) is 0 Å². The molecule has 2 heteroatoms. The molecule has 0 atom stereocenters. The highest BCUT2D eigenvalue weighted by Gasteiger charge is 2.00. The van der Waals surface area contributed by atoms with Gasteiger partial charge in [0.25, 0.3) is 0 Å². The van der Waals surface area contributed by atoms with Crippen LogP contribution in [0.3, 0.4) is 0 Å². The van der Waals surface area contributed by atoms with Crippen LogP contribution in [0, 0.1) is 0 Å². The molecule has 0 bridgehead atoms. The smallest absolute Gasteiger partial charge is 0.153 e. The lowest BCUT2D eigenvalue weighted by Crippen LogP contribution is -1.82. The van der Waals surface area contributed by atoms with Crippen LogP contribution in [0.1, 0.15) is 12.5 Å². The van der Waals surface area contributed by atoms with E-state index in [0.717, 1.165) is 0 Å². The minimum Gasteiger partial charge on any atom is -0.505 e. The summed E-state index contributed by atoms with van der Waals surface area (Å²) >= 11 is 0. The summed E-state index contributed by atoms with van der Waals surface area (Å²) in [7, 11) is 0. The Bertz CT molecular complexity index is 260. The monoisotopic (exact) mass is 152 g/mol. The SMILES string of the molecule is CC(F)=C(O)c1ccccc1. The molecule has 11 heavy (non-hydrogen) atoms. The van der Waals surface area contributed by atoms with E-state index in [2.05, 4.69) is 0 Å². The third-order valence-electron chi connectivity index (χ3n) is 1.37. The molecular formula is C9H9FO. The molecule has 1 N–H and O–H groups in total. The third-order valence-corrected chi connectivity index (χ3v) is 1.37. The number of aliphatic hydroxyl groups excluding tert-OH is 1. The van der Waals surface area contributed by atoms with Crippen LogP contribution in [0.5, 0.6) is 0 Å². The highest BCUT2D eigenvalue weighted by atomic mass is 19.1. The van der Waals surface area contributed by atoms with Crippen LogP contribution in [0.25, 0.3) is 5.76 Å². The van der Waals surface area contributed by atoms with Crippen LogP contribution in [0.4, 0.5) is 4.39 Å². The molecule has 0 saturated heterocycles. The first kappa shape index (κ1) is 7.79. The van der Waals surface area contributed by atoms with Gasteiger partial charge in [-0.3, -0.25) is 0 Å². The van der Waals surface area contributed by atoms with Gasteiger partial charge in [0.15, 0.2) is 5.76 Å². The zero-order chi connectivity index (χ0) is 8.27. The number of allylic oxidation sites excluding steroid dienone is 1. The lowest BCUT2D eigenvalue weighted by atomic mass is 10.2. The molecule has 0 aliphatic rings. The molecule has 0 heterocycles. The second kappa shape index (κ2) is 3.19. The highest BCUT2D eigenvalue weighted by molar-refractivity contribution is 5.59. The first-order valence-electron chi connectivity index (χ1n) is 3.32. The number of benzene rings is 1. The summed E-state index contributed by atoms with van der Waals surface area (Å²) in [5.41, 5.74) is 0.507. The Kier molecular flexibility index (Phi) is 2.26. The largest absolute Gasteiger partial charge is 0.505 e. The van der Waals surface area contributed by atoms with E-state index in [1.54, 1.807) is 24.3 Å². The van der Waals surface area contributed by atoms with Crippen LogP contribution in [-0.4, -0.2) is 5.11 Å². The fraction of sp³-hybridized carbons (Fsp3) is 0.111. The van der Waals surface area contributed by atoms with E-state index in [0.29, 0.717) is 5.56 Å². The molecular weight excluding hydrogens is 143 g/mol. The molecule has 0 aliphatic heterocycles. The third kappa shape index (κ3) is 1.80. The summed E-state index contributed by atoms with van der Waals surface area (Å²) in [5.74, 6) is -0.846. The van der Waals surface area contributed by atoms with Gasteiger partial charge < -0.3 is 5.11 Å². The van der Waals surface area contributed by atoms with Gasteiger partial charge >= 0.3 is 0 Å². The van der Waals surface area contributed by atoms with Gasteiger partial charge in [-0.2, -0.15) is 0 Å². The maximum absolute atomic E-state index is 12.4. The molecule has 0 aliphatic carbocycles. The summed E-state index contributed by atoms with van der Waals surface area (Å²) in [5, 5.41) is 9.10. The molecule has 1 aromatic carbocycles. The molecule has 0 spiro atoms. The summed E-state index contributed by atoms with van der Waals surface area (Å²) in [6.07, 6.45) is 0. The molecule has 1 nitrogen and oxygen atoms in total. The highest BCUT2D eigenvalue weighted by Crippen LogP contribution is 2.15. The summed E-state index contributed by atoms with van der Waals surface area (Å²) in [4.78, 5) is 0. The van der Waals surface area contributed by atoms with Gasteiger partial charge in [-0.15, -0.1) is 0 Å². The van der Waals surface area contributed by atoms with Crippen molar-refractivity contribution in [3.8, 4) is 0 Å². The van der Waals surface area contributed by atoms with Crippen molar-refractivity contribution in [3.63, 3.8) is 0 Å². The van der Waals surface area contributed by atoms with Gasteiger partial charge in [-0.05, 0) is 6.92 Å². The van der Waals surface area contributed by atoms with Crippen molar-refractivity contribution in [2.75, 3.05) is 0 Å². The zero-order valence-corrected chi connectivity index (χ0v) is 6.21. The van der Waals surface area contributed by atoms with E-state index in [-0.39, 0.29) is 5.76 Å². The first-order valence-corrected chi connectivity index (χ1v) is 3.32. The molecule has 0 saturated carbocycles. The Hall–Kier alpha value is -1.31. The molecule has 0 fully saturated rings. The van der Waals surface area contributed by atoms with E-state index < -0.39 is 5.83 Å². The number of rotatable bonds is 1. The van der Waals surface area contributed by atoms with Crippen molar-refractivity contribution >= 4 is 5.76 Å². The van der Waals surface area contributed by atoms with Crippen molar-refractivity contribution in [2.24, 2.45) is 0 Å². The van der Waals surface area contributed by atoms with Gasteiger partial charge in [-0.25, -0.2) is 4.39 Å². The predicted octanol–water partition coefficient (Wildman–Crippen LogP) is 2.90. The Balaban J connectivity index is 3.04. The minimum atomic E-state index is -0.559. The number of aliphatic hydroxyl groups is 1. The van der Waals surface area contributed by atoms with Crippen LogP contribution < -0.4 is 0 Å². The summed E-state index contributed by atoms with van der Waals surface area (Å²) < 4.78 is 12.4. The van der Waals surface area contributed by atoms with E-state index in [1.165, 1.54) is 6.92 Å². The van der Waals surface area contributed by atoms with Crippen LogP contribution in [0.15, 0.2) is 36.2 Å². The average Bonchev–Trinajstić information content (AvgIpc) is 2.05. The second-order valence-electron chi connectivity index (χ2n) is 2.25. The van der Waals surface area contributed by atoms with Gasteiger partial charge in [0.1, 0.15) is 5.83 Å². The number of hydrogen-bond donors (Lipinski definition) is 1. The topological polar surface area (TPSA) is 20.2 Å². The van der Waals surface area contributed by atoms with Gasteiger partial charge in [-0.1, -0.05) is 30.3 Å². The lowest BCUT2D eigenvalue weighted by molar-refractivity contribution is 0.479. The second-order valence-corrected chi connectivity index (χ2v) is 2.25. The quantitative estimate of drug-likeness (QED) is 0.613. The Morgan fingerprint density at radius 1 is 1.27 bits per heavy atom.